The van der Waals surface area contributed by atoms with Crippen molar-refractivity contribution in [3.63, 3.8) is 0 Å². The van der Waals surface area contributed by atoms with E-state index in [0.29, 0.717) is 17.6 Å². The summed E-state index contributed by atoms with van der Waals surface area (Å²) < 4.78 is 0. The Kier molecular flexibility index (Phi) is 3.64. The van der Waals surface area contributed by atoms with Gasteiger partial charge in [0.1, 0.15) is 0 Å². The minimum Gasteiger partial charge on any atom is -0.326 e. The lowest BCUT2D eigenvalue weighted by atomic mass is 9.96. The minimum absolute atomic E-state index is 0.378. The van der Waals surface area contributed by atoms with E-state index in [2.05, 4.69) is 41.1 Å². The van der Waals surface area contributed by atoms with Gasteiger partial charge in [0, 0.05) is 24.5 Å². The van der Waals surface area contributed by atoms with Crippen molar-refractivity contribution in [1.82, 2.24) is 4.98 Å². The van der Waals surface area contributed by atoms with E-state index in [9.17, 15) is 0 Å². The first kappa shape index (κ1) is 13.4. The van der Waals surface area contributed by atoms with Crippen molar-refractivity contribution in [2.24, 2.45) is 5.73 Å². The molecule has 1 aromatic carbocycles. The van der Waals surface area contributed by atoms with Crippen LogP contribution in [0.2, 0.25) is 5.02 Å². The third-order valence-electron chi connectivity index (χ3n) is 3.92. The van der Waals surface area contributed by atoms with Gasteiger partial charge in [-0.05, 0) is 43.0 Å². The van der Waals surface area contributed by atoms with Gasteiger partial charge in [-0.2, -0.15) is 0 Å². The van der Waals surface area contributed by atoms with Crippen LogP contribution in [0.1, 0.15) is 24.5 Å². The van der Waals surface area contributed by atoms with Crippen molar-refractivity contribution >= 4 is 23.1 Å². The van der Waals surface area contributed by atoms with Gasteiger partial charge in [0.15, 0.2) is 5.82 Å². The Morgan fingerprint density at radius 1 is 1.35 bits per heavy atom. The molecular weight excluding hydrogens is 270 g/mol. The quantitative estimate of drug-likeness (QED) is 0.916. The largest absolute Gasteiger partial charge is 0.326 e. The molecule has 1 aliphatic heterocycles. The molecule has 0 fully saturated rings. The van der Waals surface area contributed by atoms with Gasteiger partial charge in [-0.15, -0.1) is 0 Å². The first-order chi connectivity index (χ1) is 9.72. The monoisotopic (exact) mass is 287 g/mol. The van der Waals surface area contributed by atoms with Crippen LogP contribution in [0.5, 0.6) is 0 Å². The molecule has 0 aliphatic carbocycles. The molecule has 1 aliphatic rings. The molecule has 1 aromatic heterocycles. The summed E-state index contributed by atoms with van der Waals surface area (Å²) in [6, 6.07) is 10.7. The number of aromatic nitrogens is 1. The molecule has 4 heteroatoms. The van der Waals surface area contributed by atoms with Crippen LogP contribution < -0.4 is 10.6 Å². The average molecular weight is 288 g/mol. The maximum atomic E-state index is 6.49. The molecule has 1 unspecified atom stereocenters. The lowest BCUT2D eigenvalue weighted by molar-refractivity contribution is 0.613. The molecule has 0 amide bonds. The zero-order chi connectivity index (χ0) is 14.1. The van der Waals surface area contributed by atoms with E-state index in [1.165, 1.54) is 11.3 Å². The topological polar surface area (TPSA) is 42.2 Å². The molecule has 104 valence electrons. The van der Waals surface area contributed by atoms with Crippen LogP contribution in [-0.2, 0) is 13.0 Å². The summed E-state index contributed by atoms with van der Waals surface area (Å²) in [4.78, 5) is 6.73. The van der Waals surface area contributed by atoms with E-state index in [0.717, 1.165) is 24.2 Å². The van der Waals surface area contributed by atoms with Gasteiger partial charge in [0.05, 0.1) is 5.02 Å². The molecule has 3 rings (SSSR count). The van der Waals surface area contributed by atoms with Crippen molar-refractivity contribution < 1.29 is 0 Å². The molecule has 0 bridgehead atoms. The van der Waals surface area contributed by atoms with Gasteiger partial charge in [-0.25, -0.2) is 4.98 Å². The van der Waals surface area contributed by atoms with Gasteiger partial charge in [-0.1, -0.05) is 29.8 Å². The first-order valence-electron chi connectivity index (χ1n) is 6.93. The van der Waals surface area contributed by atoms with Crippen LogP contribution in [0.4, 0.5) is 11.5 Å². The Hall–Kier alpha value is -1.58. The Labute approximate surface area is 124 Å². The van der Waals surface area contributed by atoms with Crippen molar-refractivity contribution in [3.8, 4) is 0 Å². The van der Waals surface area contributed by atoms with E-state index in [1.807, 2.05) is 6.07 Å². The molecular formula is C16H18ClN3. The van der Waals surface area contributed by atoms with Crippen molar-refractivity contribution in [2.75, 3.05) is 4.90 Å². The second-order valence-electron chi connectivity index (χ2n) is 5.20. The predicted octanol–water partition coefficient (Wildman–Crippen LogP) is 3.67. The van der Waals surface area contributed by atoms with Gasteiger partial charge in [0.2, 0.25) is 0 Å². The number of nitrogens with two attached hydrogens (primary N) is 1. The standard InChI is InChI=1S/C16H18ClN3/c1-11-6-7-12-4-2-3-5-14(12)20(11)16-15(17)13(10-18)8-9-19-16/h2-5,8-9,11H,6-7,10,18H2,1H3. The van der Waals surface area contributed by atoms with Crippen LogP contribution in [-0.4, -0.2) is 11.0 Å². The lowest BCUT2D eigenvalue weighted by Gasteiger charge is -2.36. The van der Waals surface area contributed by atoms with Gasteiger partial charge >= 0.3 is 0 Å². The maximum absolute atomic E-state index is 6.49. The maximum Gasteiger partial charge on any atom is 0.152 e. The second kappa shape index (κ2) is 5.43. The van der Waals surface area contributed by atoms with E-state index in [-0.39, 0.29) is 0 Å². The summed E-state index contributed by atoms with van der Waals surface area (Å²) in [7, 11) is 0. The highest BCUT2D eigenvalue weighted by Crippen LogP contribution is 2.39. The predicted molar refractivity (Wildman–Crippen MR) is 83.5 cm³/mol. The van der Waals surface area contributed by atoms with E-state index in [4.69, 9.17) is 17.3 Å². The third-order valence-corrected chi connectivity index (χ3v) is 4.33. The van der Waals surface area contributed by atoms with Crippen LogP contribution in [0, 0.1) is 0 Å². The molecule has 0 saturated carbocycles. The summed E-state index contributed by atoms with van der Waals surface area (Å²) in [6.45, 7) is 2.64. The number of pyridine rings is 1. The fourth-order valence-corrected chi connectivity index (χ4v) is 3.09. The number of nitrogens with zero attached hydrogens (tertiary/aromatic N) is 2. The third kappa shape index (κ3) is 2.17. The van der Waals surface area contributed by atoms with E-state index < -0.39 is 0 Å². The zero-order valence-corrected chi connectivity index (χ0v) is 12.3. The number of anilines is 2. The molecule has 2 N–H and O–H groups in total. The average Bonchev–Trinajstić information content (AvgIpc) is 2.48. The highest BCUT2D eigenvalue weighted by atomic mass is 35.5. The summed E-state index contributed by atoms with van der Waals surface area (Å²) in [5.41, 5.74) is 9.24. The molecule has 0 spiro atoms. The number of para-hydroxylation sites is 1. The number of halogens is 1. The van der Waals surface area contributed by atoms with Crippen molar-refractivity contribution in [2.45, 2.75) is 32.4 Å². The normalized spacial score (nSPS) is 17.9. The Balaban J connectivity index is 2.14. The Morgan fingerprint density at radius 2 is 2.15 bits per heavy atom. The van der Waals surface area contributed by atoms with Gasteiger partial charge in [-0.3, -0.25) is 0 Å². The molecule has 0 saturated heterocycles. The van der Waals surface area contributed by atoms with Crippen LogP contribution >= 0.6 is 11.6 Å². The molecule has 2 heterocycles. The second-order valence-corrected chi connectivity index (χ2v) is 5.58. The van der Waals surface area contributed by atoms with Crippen molar-refractivity contribution in [1.29, 1.82) is 0 Å². The number of hydrogen-bond acceptors (Lipinski definition) is 3. The summed E-state index contributed by atoms with van der Waals surface area (Å²) in [6.07, 6.45) is 3.98. The fraction of sp³-hybridized carbons (Fsp3) is 0.312. The first-order valence-corrected chi connectivity index (χ1v) is 7.30. The van der Waals surface area contributed by atoms with Crippen LogP contribution in [0.25, 0.3) is 0 Å². The summed E-state index contributed by atoms with van der Waals surface area (Å²) in [5.74, 6) is 0.814. The number of aryl methyl sites for hydroxylation is 1. The number of hydrogen-bond donors (Lipinski definition) is 1. The van der Waals surface area contributed by atoms with Gasteiger partial charge < -0.3 is 10.6 Å². The molecule has 1 atom stereocenters. The smallest absolute Gasteiger partial charge is 0.152 e. The highest BCUT2D eigenvalue weighted by Gasteiger charge is 2.27. The molecule has 2 aromatic rings. The number of benzene rings is 1. The Morgan fingerprint density at radius 3 is 2.95 bits per heavy atom. The SMILES string of the molecule is CC1CCc2ccccc2N1c1nccc(CN)c1Cl. The van der Waals surface area contributed by atoms with Crippen LogP contribution in [0.15, 0.2) is 36.5 Å². The zero-order valence-electron chi connectivity index (χ0n) is 11.5. The summed E-state index contributed by atoms with van der Waals surface area (Å²) >= 11 is 6.49. The number of rotatable bonds is 2. The van der Waals surface area contributed by atoms with Crippen molar-refractivity contribution in [3.05, 3.63) is 52.7 Å². The minimum atomic E-state index is 0.378. The van der Waals surface area contributed by atoms with Gasteiger partial charge in [0.25, 0.3) is 0 Å². The fourth-order valence-electron chi connectivity index (χ4n) is 2.81. The lowest BCUT2D eigenvalue weighted by Crippen LogP contribution is -2.34. The molecule has 3 nitrogen and oxygen atoms in total. The molecule has 20 heavy (non-hydrogen) atoms. The van der Waals surface area contributed by atoms with E-state index in [1.54, 1.807) is 6.20 Å². The van der Waals surface area contributed by atoms with Crippen LogP contribution in [0.3, 0.4) is 0 Å². The molecule has 0 radical (unpaired) electrons. The number of fused-ring (bicyclic) bond motifs is 1. The Bertz CT molecular complexity index is 627. The van der Waals surface area contributed by atoms with E-state index >= 15 is 0 Å². The highest BCUT2D eigenvalue weighted by molar-refractivity contribution is 6.33. The summed E-state index contributed by atoms with van der Waals surface area (Å²) in [5, 5.41) is 0.665.